The summed E-state index contributed by atoms with van der Waals surface area (Å²) in [6.07, 6.45) is 2.73. The Morgan fingerprint density at radius 3 is 2.76 bits per heavy atom. The molecule has 0 radical (unpaired) electrons. The minimum Gasteiger partial charge on any atom is -0.395 e. The molecule has 6 heteroatoms. The van der Waals surface area contributed by atoms with Crippen molar-refractivity contribution in [2.45, 2.75) is 31.6 Å². The van der Waals surface area contributed by atoms with Crippen LogP contribution in [0, 0.1) is 0 Å². The van der Waals surface area contributed by atoms with Crippen LogP contribution in [-0.2, 0) is 6.42 Å². The van der Waals surface area contributed by atoms with Gasteiger partial charge in [-0.3, -0.25) is 0 Å². The fourth-order valence-corrected chi connectivity index (χ4v) is 2.14. The van der Waals surface area contributed by atoms with Gasteiger partial charge in [0.1, 0.15) is 17.5 Å². The summed E-state index contributed by atoms with van der Waals surface area (Å²) in [5, 5.41) is 12.6. The summed E-state index contributed by atoms with van der Waals surface area (Å²) >= 11 is 1.62. The summed E-state index contributed by atoms with van der Waals surface area (Å²) in [6.45, 7) is 4.14. The Hall–Kier alpha value is -1.01. The van der Waals surface area contributed by atoms with Gasteiger partial charge in [-0.25, -0.2) is 9.97 Å². The zero-order chi connectivity index (χ0) is 12.8. The zero-order valence-corrected chi connectivity index (χ0v) is 11.3. The van der Waals surface area contributed by atoms with Crippen molar-refractivity contribution >= 4 is 23.4 Å². The van der Waals surface area contributed by atoms with E-state index in [0.717, 1.165) is 12.2 Å². The molecule has 2 unspecified atom stereocenters. The van der Waals surface area contributed by atoms with Gasteiger partial charge in [0.2, 0.25) is 0 Å². The number of nitrogen functional groups attached to an aromatic ring is 1. The highest BCUT2D eigenvalue weighted by Crippen LogP contribution is 2.16. The van der Waals surface area contributed by atoms with Crippen LogP contribution < -0.4 is 11.1 Å². The van der Waals surface area contributed by atoms with E-state index in [-0.39, 0.29) is 17.9 Å². The number of aromatic nitrogens is 2. The van der Waals surface area contributed by atoms with Crippen molar-refractivity contribution in [2.75, 3.05) is 23.9 Å². The summed E-state index contributed by atoms with van der Waals surface area (Å²) < 4.78 is 0. The van der Waals surface area contributed by atoms with Gasteiger partial charge in [-0.15, -0.1) is 0 Å². The summed E-state index contributed by atoms with van der Waals surface area (Å²) in [6, 6.07) is 1.83. The maximum atomic E-state index is 9.21. The van der Waals surface area contributed by atoms with E-state index in [1.807, 2.05) is 20.1 Å². The Morgan fingerprint density at radius 2 is 2.24 bits per heavy atom. The first-order chi connectivity index (χ1) is 8.10. The van der Waals surface area contributed by atoms with Crippen LogP contribution in [0.4, 0.5) is 11.6 Å². The van der Waals surface area contributed by atoms with Crippen LogP contribution in [0.2, 0.25) is 0 Å². The lowest BCUT2D eigenvalue weighted by molar-refractivity contribution is 0.288. The predicted molar refractivity (Wildman–Crippen MR) is 73.3 cm³/mol. The quantitative estimate of drug-likeness (QED) is 0.708. The van der Waals surface area contributed by atoms with Crippen molar-refractivity contribution in [1.82, 2.24) is 9.97 Å². The smallest absolute Gasteiger partial charge is 0.132 e. The number of rotatable bonds is 6. The van der Waals surface area contributed by atoms with Crippen molar-refractivity contribution < 1.29 is 5.11 Å². The lowest BCUT2D eigenvalue weighted by Crippen LogP contribution is -2.31. The van der Waals surface area contributed by atoms with Gasteiger partial charge in [0.05, 0.1) is 6.61 Å². The normalized spacial score (nSPS) is 14.4. The Labute approximate surface area is 106 Å². The predicted octanol–water partition coefficient (Wildman–Crippen LogP) is 1.15. The average Bonchev–Trinajstić information content (AvgIpc) is 2.29. The van der Waals surface area contributed by atoms with Gasteiger partial charge in [-0.1, -0.05) is 6.92 Å². The van der Waals surface area contributed by atoms with E-state index in [1.54, 1.807) is 17.8 Å². The van der Waals surface area contributed by atoms with Crippen molar-refractivity contribution in [3.05, 3.63) is 11.9 Å². The van der Waals surface area contributed by atoms with Crippen molar-refractivity contribution in [3.63, 3.8) is 0 Å². The lowest BCUT2D eigenvalue weighted by atomic mass is 10.2. The minimum absolute atomic E-state index is 0.119. The van der Waals surface area contributed by atoms with Crippen molar-refractivity contribution in [3.8, 4) is 0 Å². The van der Waals surface area contributed by atoms with Gasteiger partial charge in [-0.05, 0) is 13.2 Å². The molecule has 4 N–H and O–H groups in total. The molecule has 0 aliphatic heterocycles. The molecule has 1 aromatic rings. The van der Waals surface area contributed by atoms with E-state index >= 15 is 0 Å². The zero-order valence-electron chi connectivity index (χ0n) is 10.5. The number of anilines is 2. The minimum atomic E-state index is 0.119. The van der Waals surface area contributed by atoms with E-state index in [9.17, 15) is 5.11 Å². The number of hydrogen-bond acceptors (Lipinski definition) is 6. The molecule has 0 aliphatic carbocycles. The summed E-state index contributed by atoms with van der Waals surface area (Å²) in [5.74, 6) is 1.91. The molecule has 0 saturated heterocycles. The fraction of sp³-hybridized carbons (Fsp3) is 0.636. The molecule has 0 spiro atoms. The Bertz CT molecular complexity index is 357. The number of nitrogens with two attached hydrogens (primary N) is 1. The van der Waals surface area contributed by atoms with E-state index in [2.05, 4.69) is 15.3 Å². The number of aliphatic hydroxyl groups is 1. The van der Waals surface area contributed by atoms with Crippen molar-refractivity contribution in [1.29, 1.82) is 0 Å². The van der Waals surface area contributed by atoms with Gasteiger partial charge in [0.25, 0.3) is 0 Å². The SMILES string of the molecule is CCc1nc(N)cc(NC(C)C(CO)SC)n1. The molecule has 1 rings (SSSR count). The first kappa shape index (κ1) is 14.1. The molecule has 0 fully saturated rings. The molecule has 0 bridgehead atoms. The molecular weight excluding hydrogens is 236 g/mol. The Kier molecular flexibility index (Phi) is 5.50. The van der Waals surface area contributed by atoms with Crippen LogP contribution >= 0.6 is 11.8 Å². The van der Waals surface area contributed by atoms with Crippen LogP contribution in [0.15, 0.2) is 6.07 Å². The van der Waals surface area contributed by atoms with Gasteiger partial charge >= 0.3 is 0 Å². The van der Waals surface area contributed by atoms with E-state index in [1.165, 1.54) is 0 Å². The topological polar surface area (TPSA) is 84.1 Å². The van der Waals surface area contributed by atoms with E-state index < -0.39 is 0 Å². The van der Waals surface area contributed by atoms with E-state index in [0.29, 0.717) is 11.6 Å². The number of hydrogen-bond donors (Lipinski definition) is 3. The first-order valence-electron chi connectivity index (χ1n) is 5.64. The second kappa shape index (κ2) is 6.66. The summed E-state index contributed by atoms with van der Waals surface area (Å²) in [4.78, 5) is 8.47. The molecule has 17 heavy (non-hydrogen) atoms. The summed E-state index contributed by atoms with van der Waals surface area (Å²) in [7, 11) is 0. The fourth-order valence-electron chi connectivity index (χ4n) is 1.51. The number of nitrogens with one attached hydrogen (secondary N) is 1. The molecule has 1 heterocycles. The molecule has 1 aromatic heterocycles. The Balaban J connectivity index is 2.76. The average molecular weight is 256 g/mol. The third-order valence-electron chi connectivity index (χ3n) is 2.52. The number of thioether (sulfide) groups is 1. The molecule has 0 saturated carbocycles. The second-order valence-electron chi connectivity index (χ2n) is 3.84. The largest absolute Gasteiger partial charge is 0.395 e. The molecule has 0 aromatic carbocycles. The van der Waals surface area contributed by atoms with Crippen LogP contribution in [0.25, 0.3) is 0 Å². The van der Waals surface area contributed by atoms with Crippen LogP contribution in [0.1, 0.15) is 19.7 Å². The third kappa shape index (κ3) is 4.05. The molecular formula is C11H20N4OS. The maximum Gasteiger partial charge on any atom is 0.132 e. The van der Waals surface area contributed by atoms with E-state index in [4.69, 9.17) is 5.73 Å². The lowest BCUT2D eigenvalue weighted by Gasteiger charge is -2.22. The standard InChI is InChI=1S/C11H20N4OS/c1-4-10-14-9(12)5-11(15-10)13-7(2)8(6-16)17-3/h5,7-8,16H,4,6H2,1-3H3,(H3,12,13,14,15). The number of nitrogens with zero attached hydrogens (tertiary/aromatic N) is 2. The van der Waals surface area contributed by atoms with Crippen LogP contribution in [0.3, 0.4) is 0 Å². The Morgan fingerprint density at radius 1 is 1.53 bits per heavy atom. The summed E-state index contributed by atoms with van der Waals surface area (Å²) in [5.41, 5.74) is 5.71. The molecule has 0 aliphatic rings. The highest BCUT2D eigenvalue weighted by molar-refractivity contribution is 7.99. The van der Waals surface area contributed by atoms with Crippen LogP contribution in [0.5, 0.6) is 0 Å². The monoisotopic (exact) mass is 256 g/mol. The van der Waals surface area contributed by atoms with Gasteiger partial charge in [0.15, 0.2) is 0 Å². The molecule has 2 atom stereocenters. The molecule has 5 nitrogen and oxygen atoms in total. The third-order valence-corrected chi connectivity index (χ3v) is 3.69. The number of aryl methyl sites for hydroxylation is 1. The highest BCUT2D eigenvalue weighted by atomic mass is 32.2. The van der Waals surface area contributed by atoms with Gasteiger partial charge in [-0.2, -0.15) is 11.8 Å². The molecule has 96 valence electrons. The molecule has 0 amide bonds. The number of aliphatic hydroxyl groups excluding tert-OH is 1. The maximum absolute atomic E-state index is 9.21. The van der Waals surface area contributed by atoms with Crippen LogP contribution in [-0.4, -0.2) is 39.2 Å². The highest BCUT2D eigenvalue weighted by Gasteiger charge is 2.15. The van der Waals surface area contributed by atoms with Gasteiger partial charge in [0, 0.05) is 23.8 Å². The van der Waals surface area contributed by atoms with Crippen molar-refractivity contribution in [2.24, 2.45) is 0 Å². The first-order valence-corrected chi connectivity index (χ1v) is 6.93. The second-order valence-corrected chi connectivity index (χ2v) is 4.91. The van der Waals surface area contributed by atoms with Gasteiger partial charge < -0.3 is 16.2 Å².